The van der Waals surface area contributed by atoms with E-state index in [9.17, 15) is 4.79 Å². The lowest BCUT2D eigenvalue weighted by Crippen LogP contribution is -2.24. The molecule has 1 N–H and O–H groups in total. The lowest BCUT2D eigenvalue weighted by Gasteiger charge is -2.15. The molecular weight excluding hydrogens is 356 g/mol. The number of hydrogen-bond acceptors (Lipinski definition) is 4. The zero-order chi connectivity index (χ0) is 20.1. The molecule has 1 aromatic heterocycles. The maximum Gasteiger partial charge on any atom is 0.276 e. The summed E-state index contributed by atoms with van der Waals surface area (Å²) >= 11 is 0. The van der Waals surface area contributed by atoms with Gasteiger partial charge >= 0.3 is 0 Å². The van der Waals surface area contributed by atoms with Gasteiger partial charge in [0.15, 0.2) is 11.5 Å². The number of carbonyl (C=O) groups is 1. The van der Waals surface area contributed by atoms with Crippen molar-refractivity contribution in [2.45, 2.75) is 13.8 Å². The molecule has 0 radical (unpaired) electrons. The van der Waals surface area contributed by atoms with Crippen LogP contribution in [-0.2, 0) is 4.84 Å². The van der Waals surface area contributed by atoms with E-state index in [4.69, 9.17) is 14.3 Å². The van der Waals surface area contributed by atoms with E-state index in [0.717, 1.165) is 22.6 Å². The molecule has 0 saturated heterocycles. The van der Waals surface area contributed by atoms with Gasteiger partial charge < -0.3 is 14.0 Å². The van der Waals surface area contributed by atoms with Gasteiger partial charge in [-0.2, -0.15) is 0 Å². The molecule has 0 aliphatic heterocycles. The van der Waals surface area contributed by atoms with Crippen molar-refractivity contribution in [2.75, 3.05) is 20.8 Å². The Kier molecular flexibility index (Phi) is 6.01. The molecule has 1 amide bonds. The number of methoxy groups -OCH3 is 2. The highest BCUT2D eigenvalue weighted by Crippen LogP contribution is 2.34. The summed E-state index contributed by atoms with van der Waals surface area (Å²) in [5.74, 6) is 0.981. The van der Waals surface area contributed by atoms with Gasteiger partial charge in [-0.25, -0.2) is 5.48 Å². The quantitative estimate of drug-likeness (QED) is 0.626. The second-order valence-electron chi connectivity index (χ2n) is 6.13. The van der Waals surface area contributed by atoms with Crippen LogP contribution in [0.25, 0.3) is 16.9 Å². The Bertz CT molecular complexity index is 964. The molecule has 28 heavy (non-hydrogen) atoms. The summed E-state index contributed by atoms with van der Waals surface area (Å²) in [7, 11) is 3.20. The molecule has 0 fully saturated rings. The Hall–Kier alpha value is -3.25. The van der Waals surface area contributed by atoms with Crippen molar-refractivity contribution in [3.63, 3.8) is 0 Å². The Labute approximate surface area is 164 Å². The van der Waals surface area contributed by atoms with Crippen LogP contribution in [0.5, 0.6) is 11.5 Å². The Morgan fingerprint density at radius 1 is 1.00 bits per heavy atom. The van der Waals surface area contributed by atoms with Crippen LogP contribution in [0, 0.1) is 6.92 Å². The normalized spacial score (nSPS) is 10.6. The molecular formula is C22H24N2O4. The van der Waals surface area contributed by atoms with Crippen LogP contribution in [0.1, 0.15) is 23.0 Å². The number of rotatable bonds is 7. The second kappa shape index (κ2) is 8.63. The van der Waals surface area contributed by atoms with Gasteiger partial charge in [0.2, 0.25) is 0 Å². The summed E-state index contributed by atoms with van der Waals surface area (Å²) in [6, 6.07) is 17.5. The number of aromatic nitrogens is 1. The van der Waals surface area contributed by atoms with Gasteiger partial charge in [-0.1, -0.05) is 30.3 Å². The molecule has 0 spiro atoms. The van der Waals surface area contributed by atoms with Gasteiger partial charge in [0.25, 0.3) is 5.91 Å². The molecule has 0 bridgehead atoms. The first-order valence-electron chi connectivity index (χ1n) is 9.03. The number of hydrogen-bond donors (Lipinski definition) is 1. The molecule has 0 unspecified atom stereocenters. The fraction of sp³-hybridized carbons (Fsp3) is 0.227. The van der Waals surface area contributed by atoms with E-state index in [1.807, 2.05) is 73.0 Å². The number of ether oxygens (including phenoxy) is 2. The molecule has 0 saturated carbocycles. The van der Waals surface area contributed by atoms with E-state index >= 15 is 0 Å². The number of nitrogens with one attached hydrogen (secondary N) is 1. The maximum atomic E-state index is 12.6. The topological polar surface area (TPSA) is 61.7 Å². The molecule has 2 aromatic carbocycles. The van der Waals surface area contributed by atoms with Crippen LogP contribution in [0.4, 0.5) is 0 Å². The Morgan fingerprint density at radius 2 is 1.71 bits per heavy atom. The summed E-state index contributed by atoms with van der Waals surface area (Å²) in [6.45, 7) is 4.12. The van der Waals surface area contributed by atoms with Gasteiger partial charge in [0, 0.05) is 17.4 Å². The fourth-order valence-corrected chi connectivity index (χ4v) is 3.15. The average Bonchev–Trinajstić information content (AvgIpc) is 3.09. The van der Waals surface area contributed by atoms with Crippen molar-refractivity contribution in [3.05, 3.63) is 65.9 Å². The van der Waals surface area contributed by atoms with Crippen molar-refractivity contribution in [1.29, 1.82) is 0 Å². The van der Waals surface area contributed by atoms with Gasteiger partial charge in [0.1, 0.15) is 0 Å². The summed E-state index contributed by atoms with van der Waals surface area (Å²) in [4.78, 5) is 17.7. The van der Waals surface area contributed by atoms with Crippen LogP contribution in [-0.4, -0.2) is 31.3 Å². The van der Waals surface area contributed by atoms with Crippen LogP contribution in [0.2, 0.25) is 0 Å². The minimum atomic E-state index is -0.282. The van der Waals surface area contributed by atoms with Crippen LogP contribution < -0.4 is 15.0 Å². The van der Waals surface area contributed by atoms with E-state index in [1.165, 1.54) is 0 Å². The predicted octanol–water partition coefficient (Wildman–Crippen LogP) is 4.15. The minimum absolute atomic E-state index is 0.282. The van der Waals surface area contributed by atoms with Gasteiger partial charge in [-0.05, 0) is 37.6 Å². The molecule has 146 valence electrons. The first-order chi connectivity index (χ1) is 13.6. The third-order valence-corrected chi connectivity index (χ3v) is 4.50. The van der Waals surface area contributed by atoms with E-state index in [2.05, 4.69) is 5.48 Å². The summed E-state index contributed by atoms with van der Waals surface area (Å²) in [5.41, 5.74) is 6.57. The standard InChI is InChI=1S/C22H24N2O4/c1-5-28-23-22(25)18-14-19(16-9-7-6-8-10-16)24(15(18)2)17-11-12-20(26-3)21(13-17)27-4/h6-14H,5H2,1-4H3,(H,23,25). The van der Waals surface area contributed by atoms with Crippen molar-refractivity contribution in [1.82, 2.24) is 10.0 Å². The van der Waals surface area contributed by atoms with E-state index in [1.54, 1.807) is 14.2 Å². The van der Waals surface area contributed by atoms with E-state index in [0.29, 0.717) is 23.7 Å². The summed E-state index contributed by atoms with van der Waals surface area (Å²) < 4.78 is 12.8. The highest BCUT2D eigenvalue weighted by molar-refractivity contribution is 5.96. The molecule has 0 aliphatic rings. The second-order valence-corrected chi connectivity index (χ2v) is 6.13. The molecule has 0 aliphatic carbocycles. The van der Waals surface area contributed by atoms with Gasteiger partial charge in [-0.15, -0.1) is 0 Å². The monoisotopic (exact) mass is 380 g/mol. The molecule has 6 heteroatoms. The van der Waals surface area contributed by atoms with Crippen molar-refractivity contribution in [3.8, 4) is 28.4 Å². The summed E-state index contributed by atoms with van der Waals surface area (Å²) in [5, 5.41) is 0. The van der Waals surface area contributed by atoms with E-state index in [-0.39, 0.29) is 5.91 Å². The van der Waals surface area contributed by atoms with Crippen LogP contribution >= 0.6 is 0 Å². The Balaban J connectivity index is 2.18. The van der Waals surface area contributed by atoms with Crippen molar-refractivity contribution >= 4 is 5.91 Å². The minimum Gasteiger partial charge on any atom is -0.493 e. The average molecular weight is 380 g/mol. The zero-order valence-corrected chi connectivity index (χ0v) is 16.5. The fourth-order valence-electron chi connectivity index (χ4n) is 3.15. The molecule has 6 nitrogen and oxygen atoms in total. The van der Waals surface area contributed by atoms with E-state index < -0.39 is 0 Å². The lowest BCUT2D eigenvalue weighted by atomic mass is 10.1. The lowest BCUT2D eigenvalue weighted by molar-refractivity contribution is 0.0364. The number of nitrogens with zero attached hydrogens (tertiary/aromatic N) is 1. The predicted molar refractivity (Wildman–Crippen MR) is 108 cm³/mol. The first kappa shape index (κ1) is 19.5. The largest absolute Gasteiger partial charge is 0.493 e. The Morgan fingerprint density at radius 3 is 2.36 bits per heavy atom. The highest BCUT2D eigenvalue weighted by atomic mass is 16.6. The SMILES string of the molecule is CCONC(=O)c1cc(-c2ccccc2)n(-c2ccc(OC)c(OC)c2)c1C. The molecule has 3 rings (SSSR count). The smallest absolute Gasteiger partial charge is 0.276 e. The number of benzene rings is 2. The third-order valence-electron chi connectivity index (χ3n) is 4.50. The van der Waals surface area contributed by atoms with Gasteiger partial charge in [-0.3, -0.25) is 9.63 Å². The molecule has 1 heterocycles. The van der Waals surface area contributed by atoms with Crippen molar-refractivity contribution in [2.24, 2.45) is 0 Å². The molecule has 0 atom stereocenters. The zero-order valence-electron chi connectivity index (χ0n) is 16.5. The third kappa shape index (κ3) is 3.73. The first-order valence-corrected chi connectivity index (χ1v) is 9.03. The maximum absolute atomic E-state index is 12.6. The van der Waals surface area contributed by atoms with Crippen LogP contribution in [0.15, 0.2) is 54.6 Å². The highest BCUT2D eigenvalue weighted by Gasteiger charge is 2.20. The number of hydroxylamine groups is 1. The number of amides is 1. The molecule has 3 aromatic rings. The summed E-state index contributed by atoms with van der Waals surface area (Å²) in [6.07, 6.45) is 0. The van der Waals surface area contributed by atoms with Crippen LogP contribution in [0.3, 0.4) is 0 Å². The van der Waals surface area contributed by atoms with Crippen molar-refractivity contribution < 1.29 is 19.1 Å². The number of carbonyl (C=O) groups excluding carboxylic acids is 1. The van der Waals surface area contributed by atoms with Gasteiger partial charge in [0.05, 0.1) is 32.1 Å².